The Morgan fingerprint density at radius 3 is 2.71 bits per heavy atom. The van der Waals surface area contributed by atoms with Crippen molar-refractivity contribution in [3.05, 3.63) is 10.2 Å². The van der Waals surface area contributed by atoms with E-state index in [9.17, 15) is 4.79 Å². The number of carbonyl (C=O) groups is 1. The minimum absolute atomic E-state index is 0.111. The third-order valence-electron chi connectivity index (χ3n) is 1.96. The van der Waals surface area contributed by atoms with Crippen LogP contribution in [-0.2, 0) is 9.53 Å². The second kappa shape index (κ2) is 9.49. The topological polar surface area (TPSA) is 26.3 Å². The van der Waals surface area contributed by atoms with Crippen LogP contribution in [0.5, 0.6) is 0 Å². The van der Waals surface area contributed by atoms with Gasteiger partial charge in [-0.25, -0.2) is 0 Å². The van der Waals surface area contributed by atoms with E-state index in [-0.39, 0.29) is 12.1 Å². The molecule has 0 N–H and O–H groups in total. The van der Waals surface area contributed by atoms with E-state index in [2.05, 4.69) is 35.6 Å². The summed E-state index contributed by atoms with van der Waals surface area (Å²) >= 11 is 2.20. The van der Waals surface area contributed by atoms with Crippen molar-refractivity contribution in [1.82, 2.24) is 0 Å². The molecule has 0 radical (unpaired) electrons. The van der Waals surface area contributed by atoms with Crippen molar-refractivity contribution < 1.29 is 9.53 Å². The highest BCUT2D eigenvalue weighted by molar-refractivity contribution is 14.1. The highest BCUT2D eigenvalue weighted by Gasteiger charge is 2.09. The van der Waals surface area contributed by atoms with Gasteiger partial charge in [0, 0.05) is 6.92 Å². The molecule has 82 valence electrons. The molecule has 0 rings (SSSR count). The third-order valence-corrected chi connectivity index (χ3v) is 2.47. The first-order valence-electron chi connectivity index (χ1n) is 5.13. The minimum atomic E-state index is -0.162. The lowest BCUT2D eigenvalue weighted by Gasteiger charge is -2.15. The van der Waals surface area contributed by atoms with E-state index in [1.807, 2.05) is 4.08 Å². The molecule has 0 aliphatic heterocycles. The normalized spacial score (nSPS) is 13.1. The smallest absolute Gasteiger partial charge is 0.302 e. The maximum absolute atomic E-state index is 10.8. The first kappa shape index (κ1) is 13.9. The van der Waals surface area contributed by atoms with Gasteiger partial charge in [0.15, 0.2) is 0 Å². The molecule has 0 amide bonds. The van der Waals surface area contributed by atoms with Crippen molar-refractivity contribution in [2.75, 3.05) is 0 Å². The summed E-state index contributed by atoms with van der Waals surface area (Å²) in [5.41, 5.74) is 0. The molecule has 0 saturated carbocycles. The average molecular weight is 310 g/mol. The highest BCUT2D eigenvalue weighted by atomic mass is 127. The van der Waals surface area contributed by atoms with Gasteiger partial charge in [0.1, 0.15) is 6.10 Å². The second-order valence-electron chi connectivity index (χ2n) is 3.31. The minimum Gasteiger partial charge on any atom is -0.463 e. The summed E-state index contributed by atoms with van der Waals surface area (Å²) in [5, 5.41) is 0. The summed E-state index contributed by atoms with van der Waals surface area (Å²) in [6.45, 7) is 3.63. The van der Waals surface area contributed by atoms with E-state index in [4.69, 9.17) is 4.74 Å². The molecule has 0 heterocycles. The number of carbonyl (C=O) groups excluding carboxylic acids is 1. The molecule has 0 aromatic heterocycles. The zero-order valence-corrected chi connectivity index (χ0v) is 11.1. The molecule has 2 nitrogen and oxygen atoms in total. The maximum atomic E-state index is 10.8. The van der Waals surface area contributed by atoms with E-state index in [0.29, 0.717) is 0 Å². The summed E-state index contributed by atoms with van der Waals surface area (Å²) in [4.78, 5) is 10.8. The number of unbranched alkanes of at least 4 members (excludes halogenated alkanes) is 1. The molecule has 1 unspecified atom stereocenters. The number of ether oxygens (including phenoxy) is 1. The molecule has 0 aliphatic rings. The fourth-order valence-electron chi connectivity index (χ4n) is 1.27. The summed E-state index contributed by atoms with van der Waals surface area (Å²) in [6.07, 6.45) is 7.42. The summed E-state index contributed by atoms with van der Waals surface area (Å²) in [5.74, 6) is -0.162. The molecule has 1 atom stereocenters. The number of halogens is 1. The van der Waals surface area contributed by atoms with E-state index >= 15 is 0 Å². The Kier molecular flexibility index (Phi) is 9.45. The van der Waals surface area contributed by atoms with Crippen LogP contribution in [0.1, 0.15) is 46.0 Å². The van der Waals surface area contributed by atoms with Crippen molar-refractivity contribution in [3.63, 3.8) is 0 Å². The van der Waals surface area contributed by atoms with Crippen molar-refractivity contribution in [3.8, 4) is 0 Å². The monoisotopic (exact) mass is 310 g/mol. The molecule has 3 heteroatoms. The fourth-order valence-corrected chi connectivity index (χ4v) is 1.63. The van der Waals surface area contributed by atoms with Crippen LogP contribution in [0.4, 0.5) is 0 Å². The van der Waals surface area contributed by atoms with Gasteiger partial charge in [-0.2, -0.15) is 0 Å². The number of allylic oxidation sites excluding steroid dienone is 1. The predicted octanol–water partition coefficient (Wildman–Crippen LogP) is 3.84. The Labute approximate surface area is 100 Å². The van der Waals surface area contributed by atoms with Crippen LogP contribution >= 0.6 is 22.6 Å². The lowest BCUT2D eigenvalue weighted by Crippen LogP contribution is -2.15. The number of rotatable bonds is 7. The van der Waals surface area contributed by atoms with Crippen LogP contribution in [0.15, 0.2) is 10.2 Å². The van der Waals surface area contributed by atoms with Crippen LogP contribution in [0.2, 0.25) is 0 Å². The third kappa shape index (κ3) is 8.53. The summed E-state index contributed by atoms with van der Waals surface area (Å²) in [6, 6.07) is 0. The highest BCUT2D eigenvalue weighted by Crippen LogP contribution is 2.12. The summed E-state index contributed by atoms with van der Waals surface area (Å²) < 4.78 is 7.23. The quantitative estimate of drug-likeness (QED) is 0.527. The maximum Gasteiger partial charge on any atom is 0.302 e. The van der Waals surface area contributed by atoms with Crippen molar-refractivity contribution in [2.45, 2.75) is 52.1 Å². The van der Waals surface area contributed by atoms with Gasteiger partial charge in [-0.15, -0.1) is 0 Å². The first-order chi connectivity index (χ1) is 6.70. The zero-order chi connectivity index (χ0) is 10.8. The second-order valence-corrected chi connectivity index (χ2v) is 4.03. The molecule has 14 heavy (non-hydrogen) atoms. The van der Waals surface area contributed by atoms with Crippen LogP contribution in [0.3, 0.4) is 0 Å². The van der Waals surface area contributed by atoms with E-state index < -0.39 is 0 Å². The Bertz CT molecular complexity index is 178. The van der Waals surface area contributed by atoms with Gasteiger partial charge in [0.25, 0.3) is 0 Å². The van der Waals surface area contributed by atoms with Crippen LogP contribution in [0.25, 0.3) is 0 Å². The van der Waals surface area contributed by atoms with Crippen LogP contribution in [0, 0.1) is 0 Å². The lowest BCUT2D eigenvalue weighted by atomic mass is 10.1. The van der Waals surface area contributed by atoms with E-state index in [1.165, 1.54) is 6.92 Å². The van der Waals surface area contributed by atoms with Crippen LogP contribution < -0.4 is 0 Å². The van der Waals surface area contributed by atoms with Gasteiger partial charge in [0.05, 0.1) is 0 Å². The van der Waals surface area contributed by atoms with Crippen molar-refractivity contribution >= 4 is 28.6 Å². The Hall–Kier alpha value is -0.0600. The molecule has 0 aliphatic carbocycles. The van der Waals surface area contributed by atoms with Crippen LogP contribution in [-0.4, -0.2) is 12.1 Å². The van der Waals surface area contributed by atoms with Crippen molar-refractivity contribution in [1.29, 1.82) is 0 Å². The molecule has 0 spiro atoms. The molecule has 0 fully saturated rings. The average Bonchev–Trinajstić information content (AvgIpc) is 2.13. The molecule has 0 saturated heterocycles. The van der Waals surface area contributed by atoms with Gasteiger partial charge in [0.2, 0.25) is 0 Å². The molecule has 0 aromatic rings. The van der Waals surface area contributed by atoms with Gasteiger partial charge in [-0.1, -0.05) is 48.4 Å². The Balaban J connectivity index is 3.77. The number of hydrogen-bond donors (Lipinski definition) is 0. The molecular formula is C11H19IO2. The fraction of sp³-hybridized carbons (Fsp3) is 0.727. The number of hydrogen-bond acceptors (Lipinski definition) is 2. The predicted molar refractivity (Wildman–Crippen MR) is 67.5 cm³/mol. The molecule has 0 bridgehead atoms. The van der Waals surface area contributed by atoms with Crippen molar-refractivity contribution in [2.24, 2.45) is 0 Å². The lowest BCUT2D eigenvalue weighted by molar-refractivity contribution is -0.146. The van der Waals surface area contributed by atoms with E-state index in [0.717, 1.165) is 32.1 Å². The van der Waals surface area contributed by atoms with Gasteiger partial charge < -0.3 is 4.74 Å². The molecule has 0 aromatic carbocycles. The Morgan fingerprint density at radius 1 is 1.50 bits per heavy atom. The zero-order valence-electron chi connectivity index (χ0n) is 8.96. The summed E-state index contributed by atoms with van der Waals surface area (Å²) in [7, 11) is 0. The SMILES string of the molecule is CCCCC(CC/C=C/I)OC(C)=O. The van der Waals surface area contributed by atoms with E-state index in [1.54, 1.807) is 0 Å². The Morgan fingerprint density at radius 2 is 2.21 bits per heavy atom. The molecular weight excluding hydrogens is 291 g/mol. The first-order valence-corrected chi connectivity index (χ1v) is 6.37. The van der Waals surface area contributed by atoms with Gasteiger partial charge in [-0.05, 0) is 23.3 Å². The van der Waals surface area contributed by atoms with Gasteiger partial charge >= 0.3 is 5.97 Å². The van der Waals surface area contributed by atoms with Gasteiger partial charge in [-0.3, -0.25) is 4.79 Å². The number of esters is 1. The standard InChI is InChI=1S/C11H19IO2/c1-3-4-7-11(14-10(2)13)8-5-6-9-12/h6,9,11H,3-5,7-8H2,1-2H3/b9-6+. The largest absolute Gasteiger partial charge is 0.463 e.